The van der Waals surface area contributed by atoms with E-state index >= 15 is 0 Å². The van der Waals surface area contributed by atoms with Gasteiger partial charge in [-0.1, -0.05) is 18.2 Å². The lowest BCUT2D eigenvalue weighted by Crippen LogP contribution is -2.44. The third kappa shape index (κ3) is 3.08. The zero-order valence-electron chi connectivity index (χ0n) is 15.7. The Labute approximate surface area is 167 Å². The van der Waals surface area contributed by atoms with E-state index in [4.69, 9.17) is 4.98 Å². The topological polar surface area (TPSA) is 35.2 Å². The van der Waals surface area contributed by atoms with Gasteiger partial charge in [-0.05, 0) is 42.9 Å². The van der Waals surface area contributed by atoms with Gasteiger partial charge in [-0.3, -0.25) is 0 Å². The van der Waals surface area contributed by atoms with Crippen LogP contribution < -0.4 is 4.90 Å². The van der Waals surface area contributed by atoms with Crippen molar-refractivity contribution < 1.29 is 4.39 Å². The summed E-state index contributed by atoms with van der Waals surface area (Å²) in [5.74, 6) is -0.229. The van der Waals surface area contributed by atoms with Gasteiger partial charge in [0.15, 0.2) is 5.13 Å². The molecule has 0 aliphatic carbocycles. The van der Waals surface area contributed by atoms with Crippen LogP contribution in [0, 0.1) is 5.82 Å². The normalized spacial score (nSPS) is 15.4. The Morgan fingerprint density at radius 3 is 2.54 bits per heavy atom. The number of fused-ring (bicyclic) bond motifs is 1. The molecule has 0 amide bonds. The van der Waals surface area contributed by atoms with Crippen LogP contribution in [0.15, 0.2) is 53.9 Å². The zero-order chi connectivity index (χ0) is 19.1. The average molecular weight is 393 g/mol. The predicted octanol–water partition coefficient (Wildman–Crippen LogP) is 4.85. The number of nitrogens with one attached hydrogen (secondary N) is 1. The van der Waals surface area contributed by atoms with Crippen LogP contribution in [0.5, 0.6) is 0 Å². The van der Waals surface area contributed by atoms with Gasteiger partial charge in [0.1, 0.15) is 5.82 Å². The Bertz CT molecular complexity index is 1110. The molecule has 142 valence electrons. The zero-order valence-corrected chi connectivity index (χ0v) is 16.5. The number of thiazole rings is 1. The summed E-state index contributed by atoms with van der Waals surface area (Å²) in [5.41, 5.74) is 5.05. The van der Waals surface area contributed by atoms with Crippen molar-refractivity contribution in [3.8, 4) is 22.5 Å². The summed E-state index contributed by atoms with van der Waals surface area (Å²) in [6.45, 7) is 4.12. The first kappa shape index (κ1) is 17.4. The van der Waals surface area contributed by atoms with E-state index in [9.17, 15) is 4.39 Å². The molecule has 0 spiro atoms. The van der Waals surface area contributed by atoms with Crippen molar-refractivity contribution >= 4 is 27.4 Å². The number of piperazine rings is 1. The highest BCUT2D eigenvalue weighted by atomic mass is 32.1. The van der Waals surface area contributed by atoms with Crippen LogP contribution in [0.1, 0.15) is 0 Å². The molecule has 2 aromatic heterocycles. The fraction of sp³-hybridized carbons (Fsp3) is 0.227. The largest absolute Gasteiger partial charge is 0.354 e. The summed E-state index contributed by atoms with van der Waals surface area (Å²) in [6, 6.07) is 14.9. The summed E-state index contributed by atoms with van der Waals surface area (Å²) >= 11 is 1.69. The van der Waals surface area contributed by atoms with Crippen LogP contribution in [-0.4, -0.2) is 48.1 Å². The van der Waals surface area contributed by atoms with Crippen molar-refractivity contribution in [3.63, 3.8) is 0 Å². The van der Waals surface area contributed by atoms with Gasteiger partial charge >= 0.3 is 0 Å². The number of halogens is 1. The average Bonchev–Trinajstić information content (AvgIpc) is 3.33. The molecule has 1 aliphatic rings. The SMILES string of the molecule is CN1CCN(c2nc(-c3c(-c4ccc(F)cc4)[nH]c4ccccc34)cs2)CC1. The monoisotopic (exact) mass is 392 g/mol. The van der Waals surface area contributed by atoms with Crippen LogP contribution in [0.3, 0.4) is 0 Å². The maximum Gasteiger partial charge on any atom is 0.185 e. The van der Waals surface area contributed by atoms with E-state index in [0.29, 0.717) is 0 Å². The number of hydrogen-bond acceptors (Lipinski definition) is 4. The molecule has 1 aliphatic heterocycles. The number of benzene rings is 2. The summed E-state index contributed by atoms with van der Waals surface area (Å²) in [6.07, 6.45) is 0. The Morgan fingerprint density at radius 1 is 1.00 bits per heavy atom. The van der Waals surface area contributed by atoms with Crippen LogP contribution in [0.4, 0.5) is 9.52 Å². The molecule has 0 atom stereocenters. The van der Waals surface area contributed by atoms with E-state index in [1.807, 2.05) is 24.3 Å². The number of para-hydroxylation sites is 1. The lowest BCUT2D eigenvalue weighted by Gasteiger charge is -2.32. The molecule has 1 saturated heterocycles. The number of aromatic nitrogens is 2. The molecule has 5 rings (SSSR count). The summed E-state index contributed by atoms with van der Waals surface area (Å²) < 4.78 is 13.4. The number of aromatic amines is 1. The molecule has 4 aromatic rings. The highest BCUT2D eigenvalue weighted by molar-refractivity contribution is 7.14. The van der Waals surface area contributed by atoms with Crippen molar-refractivity contribution in [2.75, 3.05) is 38.1 Å². The van der Waals surface area contributed by atoms with Crippen LogP contribution in [-0.2, 0) is 0 Å². The maximum atomic E-state index is 13.4. The second-order valence-electron chi connectivity index (χ2n) is 7.23. The lowest BCUT2D eigenvalue weighted by molar-refractivity contribution is 0.313. The Hall–Kier alpha value is -2.70. The van der Waals surface area contributed by atoms with Gasteiger partial charge in [-0.2, -0.15) is 0 Å². The fourth-order valence-electron chi connectivity index (χ4n) is 3.76. The summed E-state index contributed by atoms with van der Waals surface area (Å²) in [5, 5.41) is 4.34. The molecule has 4 nitrogen and oxygen atoms in total. The third-order valence-electron chi connectivity index (χ3n) is 5.36. The minimum absolute atomic E-state index is 0.229. The maximum absolute atomic E-state index is 13.4. The summed E-state index contributed by atoms with van der Waals surface area (Å²) in [4.78, 5) is 13.2. The quantitative estimate of drug-likeness (QED) is 0.541. The minimum Gasteiger partial charge on any atom is -0.354 e. The molecule has 0 unspecified atom stereocenters. The molecule has 3 heterocycles. The first-order chi connectivity index (χ1) is 13.7. The van der Waals surface area contributed by atoms with E-state index in [1.54, 1.807) is 11.3 Å². The highest BCUT2D eigenvalue weighted by Gasteiger charge is 2.21. The van der Waals surface area contributed by atoms with Gasteiger partial charge in [0.2, 0.25) is 0 Å². The number of hydrogen-bond donors (Lipinski definition) is 1. The number of rotatable bonds is 3. The Balaban J connectivity index is 1.60. The minimum atomic E-state index is -0.229. The van der Waals surface area contributed by atoms with Gasteiger partial charge in [-0.15, -0.1) is 11.3 Å². The van der Waals surface area contributed by atoms with Crippen LogP contribution >= 0.6 is 11.3 Å². The van der Waals surface area contributed by atoms with Crippen molar-refractivity contribution in [3.05, 3.63) is 59.7 Å². The van der Waals surface area contributed by atoms with E-state index < -0.39 is 0 Å². The smallest absolute Gasteiger partial charge is 0.185 e. The molecule has 28 heavy (non-hydrogen) atoms. The molecule has 0 saturated carbocycles. The number of nitrogens with zero attached hydrogens (tertiary/aromatic N) is 3. The van der Waals surface area contributed by atoms with Gasteiger partial charge in [0, 0.05) is 48.0 Å². The molecule has 1 N–H and O–H groups in total. The molecular weight excluding hydrogens is 371 g/mol. The first-order valence-electron chi connectivity index (χ1n) is 9.45. The van der Waals surface area contributed by atoms with E-state index in [1.165, 1.54) is 12.1 Å². The van der Waals surface area contributed by atoms with Gasteiger partial charge in [0.25, 0.3) is 0 Å². The molecule has 6 heteroatoms. The van der Waals surface area contributed by atoms with Crippen molar-refractivity contribution in [2.24, 2.45) is 0 Å². The first-order valence-corrected chi connectivity index (χ1v) is 10.3. The summed E-state index contributed by atoms with van der Waals surface area (Å²) in [7, 11) is 2.16. The fourth-order valence-corrected chi connectivity index (χ4v) is 4.63. The highest BCUT2D eigenvalue weighted by Crippen LogP contribution is 2.39. The van der Waals surface area contributed by atoms with Crippen molar-refractivity contribution in [1.29, 1.82) is 0 Å². The molecule has 0 bridgehead atoms. The van der Waals surface area contributed by atoms with Crippen molar-refractivity contribution in [2.45, 2.75) is 0 Å². The number of anilines is 1. The molecule has 1 fully saturated rings. The number of likely N-dealkylation sites (N-methyl/N-ethyl adjacent to an activating group) is 1. The Morgan fingerprint density at radius 2 is 1.75 bits per heavy atom. The van der Waals surface area contributed by atoms with E-state index in [2.05, 4.69) is 39.3 Å². The second-order valence-corrected chi connectivity index (χ2v) is 8.07. The second kappa shape index (κ2) is 7.04. The molecule has 0 radical (unpaired) electrons. The van der Waals surface area contributed by atoms with Gasteiger partial charge in [-0.25, -0.2) is 9.37 Å². The van der Waals surface area contributed by atoms with Gasteiger partial charge in [0.05, 0.1) is 11.4 Å². The van der Waals surface area contributed by atoms with Crippen molar-refractivity contribution in [1.82, 2.24) is 14.9 Å². The van der Waals surface area contributed by atoms with E-state index in [0.717, 1.165) is 64.7 Å². The van der Waals surface area contributed by atoms with E-state index in [-0.39, 0.29) is 5.82 Å². The van der Waals surface area contributed by atoms with Gasteiger partial charge < -0.3 is 14.8 Å². The Kier molecular flexibility index (Phi) is 4.37. The molecule has 2 aromatic carbocycles. The third-order valence-corrected chi connectivity index (χ3v) is 6.26. The standard InChI is InChI=1S/C22H21FN4S/c1-26-10-12-27(13-11-26)22-25-19(14-28-22)20-17-4-2-3-5-18(17)24-21(20)15-6-8-16(23)9-7-15/h2-9,14,24H,10-13H2,1H3. The predicted molar refractivity (Wildman–Crippen MR) is 115 cm³/mol. The lowest BCUT2D eigenvalue weighted by atomic mass is 10.0. The number of H-pyrrole nitrogens is 1. The van der Waals surface area contributed by atoms with Crippen LogP contribution in [0.2, 0.25) is 0 Å². The van der Waals surface area contributed by atoms with Crippen LogP contribution in [0.25, 0.3) is 33.4 Å². The molecular formula is C22H21FN4S.